The summed E-state index contributed by atoms with van der Waals surface area (Å²) >= 11 is 0. The molecule has 0 aromatic rings. The lowest BCUT2D eigenvalue weighted by Gasteiger charge is -2.19. The molecule has 6 nitrogen and oxygen atoms in total. The second-order valence-corrected chi connectivity index (χ2v) is 4.50. The van der Waals surface area contributed by atoms with E-state index in [9.17, 15) is 4.79 Å². The van der Waals surface area contributed by atoms with Crippen LogP contribution in [0.5, 0.6) is 0 Å². The van der Waals surface area contributed by atoms with Crippen LogP contribution >= 0.6 is 0 Å². The van der Waals surface area contributed by atoms with Gasteiger partial charge in [0.15, 0.2) is 0 Å². The molecule has 1 unspecified atom stereocenters. The van der Waals surface area contributed by atoms with E-state index in [-0.39, 0.29) is 17.9 Å². The van der Waals surface area contributed by atoms with Crippen molar-refractivity contribution in [1.82, 2.24) is 10.6 Å². The minimum atomic E-state index is -0.158. The number of nitrogens with two attached hydrogens (primary N) is 1. The minimum Gasteiger partial charge on any atom is -0.409 e. The molecule has 5 N–H and O–H groups in total. The van der Waals surface area contributed by atoms with Crippen LogP contribution in [0.4, 0.5) is 4.79 Å². The number of carbonyl (C=O) groups is 1. The summed E-state index contributed by atoms with van der Waals surface area (Å²) in [5.41, 5.74) is 5.42. The van der Waals surface area contributed by atoms with Crippen molar-refractivity contribution in [2.45, 2.75) is 57.5 Å². The van der Waals surface area contributed by atoms with Gasteiger partial charge in [-0.05, 0) is 19.3 Å². The van der Waals surface area contributed by atoms with E-state index in [0.717, 1.165) is 19.3 Å². The predicted molar refractivity (Wildman–Crippen MR) is 66.0 cm³/mol. The zero-order valence-electron chi connectivity index (χ0n) is 10.3. The van der Waals surface area contributed by atoms with Gasteiger partial charge in [-0.15, -0.1) is 0 Å². The maximum atomic E-state index is 11.7. The number of rotatable bonds is 5. The van der Waals surface area contributed by atoms with E-state index in [1.54, 1.807) is 0 Å². The number of nitrogens with zero attached hydrogens (tertiary/aromatic N) is 1. The quantitative estimate of drug-likeness (QED) is 0.252. The molecule has 98 valence electrons. The molecule has 0 bridgehead atoms. The molecule has 0 spiro atoms. The molecule has 1 atom stereocenters. The zero-order valence-corrected chi connectivity index (χ0v) is 10.3. The van der Waals surface area contributed by atoms with Crippen LogP contribution in [0.3, 0.4) is 0 Å². The summed E-state index contributed by atoms with van der Waals surface area (Å²) in [4.78, 5) is 11.7. The maximum Gasteiger partial charge on any atom is 0.315 e. The van der Waals surface area contributed by atoms with Gasteiger partial charge in [0.25, 0.3) is 0 Å². The fraction of sp³-hybridized carbons (Fsp3) is 0.818. The molecule has 0 aliphatic heterocycles. The molecule has 1 aliphatic carbocycles. The molecule has 17 heavy (non-hydrogen) atoms. The first-order valence-electron chi connectivity index (χ1n) is 6.19. The lowest BCUT2D eigenvalue weighted by Crippen LogP contribution is -2.46. The van der Waals surface area contributed by atoms with Crippen molar-refractivity contribution < 1.29 is 10.0 Å². The number of hydrogen-bond donors (Lipinski definition) is 4. The van der Waals surface area contributed by atoms with Crippen LogP contribution in [0.15, 0.2) is 5.16 Å². The second-order valence-electron chi connectivity index (χ2n) is 4.50. The number of nitrogens with one attached hydrogen (secondary N) is 2. The summed E-state index contributed by atoms with van der Waals surface area (Å²) in [5, 5.41) is 17.2. The lowest BCUT2D eigenvalue weighted by atomic mass is 10.1. The molecule has 0 heterocycles. The highest BCUT2D eigenvalue weighted by atomic mass is 16.4. The minimum absolute atomic E-state index is 0.0905. The Hall–Kier alpha value is -1.46. The van der Waals surface area contributed by atoms with Gasteiger partial charge in [0.05, 0.1) is 0 Å². The van der Waals surface area contributed by atoms with Crippen molar-refractivity contribution in [2.75, 3.05) is 0 Å². The SMILES string of the molecule is CCC(CC(N)=NO)NC(=O)NC1CCCC1. The Labute approximate surface area is 102 Å². The van der Waals surface area contributed by atoms with E-state index in [1.165, 1.54) is 12.8 Å². The molecule has 0 radical (unpaired) electrons. The summed E-state index contributed by atoms with van der Waals surface area (Å²) in [7, 11) is 0. The van der Waals surface area contributed by atoms with E-state index in [4.69, 9.17) is 10.9 Å². The van der Waals surface area contributed by atoms with Crippen LogP contribution in [-0.2, 0) is 0 Å². The molecule has 1 aliphatic rings. The summed E-state index contributed by atoms with van der Waals surface area (Å²) in [6, 6.07) is 0.0538. The zero-order chi connectivity index (χ0) is 12.7. The average Bonchev–Trinajstić information content (AvgIpc) is 2.80. The van der Waals surface area contributed by atoms with Crippen LogP contribution in [-0.4, -0.2) is 29.2 Å². The third-order valence-corrected chi connectivity index (χ3v) is 3.10. The molecular weight excluding hydrogens is 220 g/mol. The van der Waals surface area contributed by atoms with Gasteiger partial charge >= 0.3 is 6.03 Å². The predicted octanol–water partition coefficient (Wildman–Crippen LogP) is 1.14. The van der Waals surface area contributed by atoms with Crippen LogP contribution in [0.2, 0.25) is 0 Å². The monoisotopic (exact) mass is 242 g/mol. The van der Waals surface area contributed by atoms with E-state index < -0.39 is 0 Å². The summed E-state index contributed by atoms with van der Waals surface area (Å²) in [5.74, 6) is 0.137. The van der Waals surface area contributed by atoms with Crippen LogP contribution < -0.4 is 16.4 Å². The van der Waals surface area contributed by atoms with Crippen LogP contribution in [0.25, 0.3) is 0 Å². The highest BCUT2D eigenvalue weighted by Crippen LogP contribution is 2.17. The van der Waals surface area contributed by atoms with Crippen LogP contribution in [0.1, 0.15) is 45.4 Å². The van der Waals surface area contributed by atoms with E-state index in [0.29, 0.717) is 12.5 Å². The number of carbonyl (C=O) groups excluding carboxylic acids is 1. The maximum absolute atomic E-state index is 11.7. The Kier molecular flexibility index (Phi) is 5.59. The Morgan fingerprint density at radius 2 is 2.18 bits per heavy atom. The second kappa shape index (κ2) is 6.98. The van der Waals surface area contributed by atoms with E-state index in [1.807, 2.05) is 6.92 Å². The standard InChI is InChI=1S/C11H22N4O2/c1-2-8(7-10(12)15-17)13-11(16)14-9-5-3-4-6-9/h8-9,17H,2-7H2,1H3,(H2,12,15)(H2,13,14,16). The Balaban J connectivity index is 2.31. The normalized spacial score (nSPS) is 19.0. The topological polar surface area (TPSA) is 99.7 Å². The molecule has 2 amide bonds. The molecule has 0 aromatic carbocycles. The first-order chi connectivity index (χ1) is 8.15. The average molecular weight is 242 g/mol. The first kappa shape index (κ1) is 13.6. The summed E-state index contributed by atoms with van der Waals surface area (Å²) in [6.45, 7) is 1.95. The Bertz CT molecular complexity index is 275. The van der Waals surface area contributed by atoms with Crippen molar-refractivity contribution >= 4 is 11.9 Å². The van der Waals surface area contributed by atoms with Crippen molar-refractivity contribution in [3.63, 3.8) is 0 Å². The molecule has 1 saturated carbocycles. The van der Waals surface area contributed by atoms with Gasteiger partial charge < -0.3 is 21.6 Å². The van der Waals surface area contributed by atoms with Crippen molar-refractivity contribution in [3.05, 3.63) is 0 Å². The van der Waals surface area contributed by atoms with Gasteiger partial charge in [-0.2, -0.15) is 0 Å². The van der Waals surface area contributed by atoms with Gasteiger partial charge in [-0.1, -0.05) is 24.9 Å². The third kappa shape index (κ3) is 4.93. The highest BCUT2D eigenvalue weighted by Gasteiger charge is 2.18. The Morgan fingerprint density at radius 1 is 1.53 bits per heavy atom. The smallest absolute Gasteiger partial charge is 0.315 e. The molecule has 0 saturated heterocycles. The van der Waals surface area contributed by atoms with Crippen molar-refractivity contribution in [1.29, 1.82) is 0 Å². The first-order valence-corrected chi connectivity index (χ1v) is 6.19. The molecule has 1 rings (SSSR count). The molecular formula is C11H22N4O2. The molecule has 1 fully saturated rings. The third-order valence-electron chi connectivity index (χ3n) is 3.10. The number of oxime groups is 1. The van der Waals surface area contributed by atoms with Gasteiger partial charge in [0, 0.05) is 18.5 Å². The van der Waals surface area contributed by atoms with Gasteiger partial charge in [-0.3, -0.25) is 0 Å². The van der Waals surface area contributed by atoms with Gasteiger partial charge in [-0.25, -0.2) is 4.79 Å². The number of urea groups is 1. The van der Waals surface area contributed by atoms with E-state index in [2.05, 4.69) is 15.8 Å². The largest absolute Gasteiger partial charge is 0.409 e. The number of amides is 2. The Morgan fingerprint density at radius 3 is 2.71 bits per heavy atom. The highest BCUT2D eigenvalue weighted by molar-refractivity contribution is 5.81. The number of hydrogen-bond acceptors (Lipinski definition) is 3. The summed E-state index contributed by atoms with van der Waals surface area (Å²) < 4.78 is 0. The fourth-order valence-electron chi connectivity index (χ4n) is 2.07. The van der Waals surface area contributed by atoms with Crippen molar-refractivity contribution in [2.24, 2.45) is 10.9 Å². The van der Waals surface area contributed by atoms with Crippen molar-refractivity contribution in [3.8, 4) is 0 Å². The van der Waals surface area contributed by atoms with Crippen LogP contribution in [0, 0.1) is 0 Å². The van der Waals surface area contributed by atoms with Gasteiger partial charge in [0.1, 0.15) is 5.84 Å². The van der Waals surface area contributed by atoms with Gasteiger partial charge in [0.2, 0.25) is 0 Å². The molecule has 6 heteroatoms. The lowest BCUT2D eigenvalue weighted by molar-refractivity contribution is 0.233. The number of amidine groups is 1. The molecule has 0 aromatic heterocycles. The van der Waals surface area contributed by atoms with E-state index >= 15 is 0 Å². The fourth-order valence-corrected chi connectivity index (χ4v) is 2.07. The summed E-state index contributed by atoms with van der Waals surface area (Å²) in [6.07, 6.45) is 5.60.